The van der Waals surface area contributed by atoms with Crippen LogP contribution in [0.25, 0.3) is 0 Å². The Morgan fingerprint density at radius 1 is 1.45 bits per heavy atom. The molecule has 1 saturated carbocycles. The van der Waals surface area contributed by atoms with Crippen molar-refractivity contribution in [1.82, 2.24) is 20.2 Å². The van der Waals surface area contributed by atoms with E-state index in [1.54, 1.807) is 14.0 Å². The largest absolute Gasteiger partial charge is 0.378 e. The molecule has 114 valence electrons. The number of nitrogens with one attached hydrogen (secondary N) is 3. The van der Waals surface area contributed by atoms with Gasteiger partial charge in [0.05, 0.1) is 17.5 Å². The van der Waals surface area contributed by atoms with Crippen LogP contribution >= 0.6 is 0 Å². The Kier molecular flexibility index (Phi) is 4.79. The lowest BCUT2D eigenvalue weighted by Gasteiger charge is -2.35. The van der Waals surface area contributed by atoms with Gasteiger partial charge in [0.15, 0.2) is 0 Å². The van der Waals surface area contributed by atoms with E-state index in [1.807, 2.05) is 6.92 Å². The quantitative estimate of drug-likeness (QED) is 0.672. The molecule has 1 aromatic heterocycles. The number of ether oxygens (including phenoxy) is 1. The number of sulfonamides is 1. The van der Waals surface area contributed by atoms with E-state index in [2.05, 4.69) is 20.2 Å². The first-order valence-corrected chi connectivity index (χ1v) is 8.28. The number of nitrogens with zero attached hydrogens (tertiary/aromatic N) is 1. The Bertz CT molecular complexity index is 549. The number of hydrogen-bond acceptors (Lipinski definition) is 5. The lowest BCUT2D eigenvalue weighted by atomic mass is 9.90. The molecule has 2 rings (SSSR count). The second-order valence-electron chi connectivity index (χ2n) is 5.02. The molecule has 3 N–H and O–H groups in total. The molecule has 1 fully saturated rings. The van der Waals surface area contributed by atoms with Crippen LogP contribution in [0.2, 0.25) is 0 Å². The fourth-order valence-electron chi connectivity index (χ4n) is 2.43. The molecule has 0 radical (unpaired) electrons. The molecule has 1 aliphatic carbocycles. The molecule has 0 aromatic carbocycles. The number of aromatic amines is 1. The van der Waals surface area contributed by atoms with E-state index in [0.717, 1.165) is 12.8 Å². The first-order valence-electron chi connectivity index (χ1n) is 6.80. The lowest BCUT2D eigenvalue weighted by Crippen LogP contribution is -2.47. The zero-order chi connectivity index (χ0) is 14.8. The molecule has 0 bridgehead atoms. The molecular weight excluding hydrogens is 280 g/mol. The number of aromatic nitrogens is 2. The van der Waals surface area contributed by atoms with Gasteiger partial charge in [-0.05, 0) is 33.7 Å². The monoisotopic (exact) mass is 302 g/mol. The predicted octanol–water partition coefficient (Wildman–Crippen LogP) is 0.283. The van der Waals surface area contributed by atoms with Gasteiger partial charge in [0.1, 0.15) is 4.90 Å². The molecule has 8 heteroatoms. The molecule has 1 aromatic rings. The number of rotatable bonds is 7. The number of hydrogen-bond donors (Lipinski definition) is 3. The second kappa shape index (κ2) is 6.21. The van der Waals surface area contributed by atoms with Crippen molar-refractivity contribution in [2.45, 2.75) is 50.3 Å². The van der Waals surface area contributed by atoms with Gasteiger partial charge in [0.2, 0.25) is 10.0 Å². The van der Waals surface area contributed by atoms with Gasteiger partial charge in [0, 0.05) is 19.2 Å². The molecular formula is C12H22N4O3S. The summed E-state index contributed by atoms with van der Waals surface area (Å²) in [6.07, 6.45) is 1.63. The first-order chi connectivity index (χ1) is 9.47. The van der Waals surface area contributed by atoms with Crippen LogP contribution in [-0.4, -0.2) is 44.4 Å². The van der Waals surface area contributed by atoms with Crippen LogP contribution < -0.4 is 10.0 Å². The van der Waals surface area contributed by atoms with Crippen molar-refractivity contribution in [3.05, 3.63) is 11.4 Å². The Labute approximate surface area is 119 Å². The third kappa shape index (κ3) is 3.20. The molecule has 0 aliphatic heterocycles. The van der Waals surface area contributed by atoms with E-state index >= 15 is 0 Å². The van der Waals surface area contributed by atoms with E-state index in [4.69, 9.17) is 4.74 Å². The van der Waals surface area contributed by atoms with Crippen molar-refractivity contribution in [3.8, 4) is 0 Å². The van der Waals surface area contributed by atoms with Crippen LogP contribution in [0.15, 0.2) is 4.90 Å². The molecule has 1 heterocycles. The second-order valence-corrected chi connectivity index (χ2v) is 6.67. The first kappa shape index (κ1) is 15.4. The molecule has 7 nitrogen and oxygen atoms in total. The van der Waals surface area contributed by atoms with Crippen LogP contribution in [0.1, 0.15) is 31.2 Å². The third-order valence-corrected chi connectivity index (χ3v) is 5.12. The highest BCUT2D eigenvalue weighted by molar-refractivity contribution is 7.89. The Hall–Kier alpha value is -0.960. The third-order valence-electron chi connectivity index (χ3n) is 3.39. The van der Waals surface area contributed by atoms with Crippen molar-refractivity contribution in [2.75, 3.05) is 13.7 Å². The molecule has 20 heavy (non-hydrogen) atoms. The maximum absolute atomic E-state index is 12.4. The van der Waals surface area contributed by atoms with Gasteiger partial charge >= 0.3 is 0 Å². The summed E-state index contributed by atoms with van der Waals surface area (Å²) in [7, 11) is -1.78. The van der Waals surface area contributed by atoms with Gasteiger partial charge in [-0.25, -0.2) is 13.1 Å². The SMILES string of the molecule is CCOC1CC(NS(=O)(=O)c2c(CNC)n[nH]c2C)C1. The van der Waals surface area contributed by atoms with Gasteiger partial charge in [0.25, 0.3) is 0 Å². The molecule has 0 spiro atoms. The predicted molar refractivity (Wildman–Crippen MR) is 74.8 cm³/mol. The Morgan fingerprint density at radius 2 is 2.15 bits per heavy atom. The normalized spacial score (nSPS) is 22.8. The van der Waals surface area contributed by atoms with Crippen molar-refractivity contribution >= 4 is 10.0 Å². The van der Waals surface area contributed by atoms with Gasteiger partial charge in [-0.2, -0.15) is 5.10 Å². The summed E-state index contributed by atoms with van der Waals surface area (Å²) in [6.45, 7) is 4.73. The summed E-state index contributed by atoms with van der Waals surface area (Å²) in [5.74, 6) is 0. The van der Waals surface area contributed by atoms with Crippen LogP contribution in [0.4, 0.5) is 0 Å². The average molecular weight is 302 g/mol. The van der Waals surface area contributed by atoms with Crippen LogP contribution in [0.3, 0.4) is 0 Å². The summed E-state index contributed by atoms with van der Waals surface area (Å²) in [6, 6.07) is -0.0479. The van der Waals surface area contributed by atoms with Gasteiger partial charge in [-0.3, -0.25) is 5.10 Å². The minimum atomic E-state index is -3.54. The average Bonchev–Trinajstić information content (AvgIpc) is 2.69. The number of aryl methyl sites for hydroxylation is 1. The van der Waals surface area contributed by atoms with E-state index < -0.39 is 10.0 Å². The topological polar surface area (TPSA) is 96.1 Å². The molecule has 0 amide bonds. The molecule has 0 saturated heterocycles. The standard InChI is InChI=1S/C12H22N4O3S/c1-4-19-10-5-9(6-10)16-20(17,18)12-8(2)14-15-11(12)7-13-3/h9-10,13,16H,4-7H2,1-3H3,(H,14,15). The minimum Gasteiger partial charge on any atom is -0.378 e. The van der Waals surface area contributed by atoms with E-state index in [0.29, 0.717) is 24.5 Å². The zero-order valence-corrected chi connectivity index (χ0v) is 12.9. The summed E-state index contributed by atoms with van der Waals surface area (Å²) in [4.78, 5) is 0.256. The highest BCUT2D eigenvalue weighted by Crippen LogP contribution is 2.26. The maximum Gasteiger partial charge on any atom is 0.244 e. The van der Waals surface area contributed by atoms with Crippen molar-refractivity contribution in [2.24, 2.45) is 0 Å². The summed E-state index contributed by atoms with van der Waals surface area (Å²) in [5.41, 5.74) is 1.07. The summed E-state index contributed by atoms with van der Waals surface area (Å²) < 4.78 is 33.0. The maximum atomic E-state index is 12.4. The molecule has 0 atom stereocenters. The fraction of sp³-hybridized carbons (Fsp3) is 0.750. The highest BCUT2D eigenvalue weighted by Gasteiger charge is 2.34. The fourth-order valence-corrected chi connectivity index (χ4v) is 4.05. The van der Waals surface area contributed by atoms with Crippen molar-refractivity contribution in [3.63, 3.8) is 0 Å². The van der Waals surface area contributed by atoms with Crippen LogP contribution in [0, 0.1) is 6.92 Å². The van der Waals surface area contributed by atoms with Gasteiger partial charge < -0.3 is 10.1 Å². The molecule has 1 aliphatic rings. The Balaban J connectivity index is 2.06. The zero-order valence-electron chi connectivity index (χ0n) is 12.1. The lowest BCUT2D eigenvalue weighted by molar-refractivity contribution is -0.00476. The smallest absolute Gasteiger partial charge is 0.244 e. The van der Waals surface area contributed by atoms with Crippen molar-refractivity contribution < 1.29 is 13.2 Å². The minimum absolute atomic E-state index is 0.0479. The number of H-pyrrole nitrogens is 1. The summed E-state index contributed by atoms with van der Waals surface area (Å²) in [5, 5.41) is 9.69. The van der Waals surface area contributed by atoms with Crippen LogP contribution in [0.5, 0.6) is 0 Å². The van der Waals surface area contributed by atoms with Crippen LogP contribution in [-0.2, 0) is 21.3 Å². The molecule has 0 unspecified atom stereocenters. The van der Waals surface area contributed by atoms with Gasteiger partial charge in [-0.15, -0.1) is 0 Å². The van der Waals surface area contributed by atoms with Crippen molar-refractivity contribution in [1.29, 1.82) is 0 Å². The summed E-state index contributed by atoms with van der Waals surface area (Å²) >= 11 is 0. The van der Waals surface area contributed by atoms with E-state index in [9.17, 15) is 8.42 Å². The van der Waals surface area contributed by atoms with E-state index in [1.165, 1.54) is 0 Å². The van der Waals surface area contributed by atoms with E-state index in [-0.39, 0.29) is 17.0 Å². The highest BCUT2D eigenvalue weighted by atomic mass is 32.2. The van der Waals surface area contributed by atoms with Gasteiger partial charge in [-0.1, -0.05) is 0 Å². The Morgan fingerprint density at radius 3 is 2.75 bits per heavy atom.